The molecule has 116 valence electrons. The third-order valence-corrected chi connectivity index (χ3v) is 3.75. The van der Waals surface area contributed by atoms with Gasteiger partial charge in [0.15, 0.2) is 5.78 Å². The number of carbonyl (C=O) groups is 1. The van der Waals surface area contributed by atoms with Gasteiger partial charge in [-0.2, -0.15) is 0 Å². The van der Waals surface area contributed by atoms with Crippen molar-refractivity contribution in [3.05, 3.63) is 71.3 Å². The smallest absolute Gasteiger partial charge is 0.162 e. The summed E-state index contributed by atoms with van der Waals surface area (Å²) in [7, 11) is 1.55. The van der Waals surface area contributed by atoms with Crippen LogP contribution in [-0.4, -0.2) is 19.5 Å². The molecule has 2 nitrogen and oxygen atoms in total. The first-order valence-electron chi connectivity index (χ1n) is 7.90. The van der Waals surface area contributed by atoms with Crippen LogP contribution >= 0.6 is 0 Å². The molecule has 22 heavy (non-hydrogen) atoms. The summed E-state index contributed by atoms with van der Waals surface area (Å²) in [5.74, 6) is 0.123. The standard InChI is InChI=1S/C20H24O2/c1-22-16-20(21)15-19-13-11-18(12-14-19)10-6-5-9-17-7-3-2-4-8-17/h2-4,7-8,11-14H,5-6,9-10,15-16H2,1H3. The quantitative estimate of drug-likeness (QED) is 0.654. The Balaban J connectivity index is 1.71. The normalized spacial score (nSPS) is 10.6. The lowest BCUT2D eigenvalue weighted by atomic mass is 10.0. The topological polar surface area (TPSA) is 26.3 Å². The van der Waals surface area contributed by atoms with E-state index in [0.717, 1.165) is 18.4 Å². The van der Waals surface area contributed by atoms with Crippen LogP contribution in [-0.2, 0) is 28.8 Å². The minimum Gasteiger partial charge on any atom is -0.377 e. The number of unbranched alkanes of at least 4 members (excludes halogenated alkanes) is 1. The number of aryl methyl sites for hydroxylation is 2. The summed E-state index contributed by atoms with van der Waals surface area (Å²) in [6, 6.07) is 19.0. The van der Waals surface area contributed by atoms with E-state index in [2.05, 4.69) is 54.6 Å². The van der Waals surface area contributed by atoms with Gasteiger partial charge in [0.05, 0.1) is 0 Å². The summed E-state index contributed by atoms with van der Waals surface area (Å²) in [5, 5.41) is 0. The van der Waals surface area contributed by atoms with Crippen molar-refractivity contribution in [2.75, 3.05) is 13.7 Å². The van der Waals surface area contributed by atoms with Gasteiger partial charge < -0.3 is 4.74 Å². The summed E-state index contributed by atoms with van der Waals surface area (Å²) in [6.07, 6.45) is 5.10. The number of methoxy groups -OCH3 is 1. The van der Waals surface area contributed by atoms with Crippen molar-refractivity contribution in [3.8, 4) is 0 Å². The van der Waals surface area contributed by atoms with E-state index in [0.29, 0.717) is 6.42 Å². The highest BCUT2D eigenvalue weighted by Gasteiger charge is 2.03. The molecule has 0 spiro atoms. The maximum atomic E-state index is 11.5. The Morgan fingerprint density at radius 2 is 1.36 bits per heavy atom. The van der Waals surface area contributed by atoms with Crippen molar-refractivity contribution in [1.82, 2.24) is 0 Å². The fraction of sp³-hybridized carbons (Fsp3) is 0.350. The third-order valence-electron chi connectivity index (χ3n) is 3.75. The first kappa shape index (κ1) is 16.4. The number of carbonyl (C=O) groups excluding carboxylic acids is 1. The molecule has 2 aromatic rings. The zero-order valence-electron chi connectivity index (χ0n) is 13.3. The number of rotatable bonds is 9. The molecular weight excluding hydrogens is 272 g/mol. The van der Waals surface area contributed by atoms with Crippen LogP contribution in [0, 0.1) is 0 Å². The largest absolute Gasteiger partial charge is 0.377 e. The number of ketones is 1. The Hall–Kier alpha value is -1.93. The second-order valence-electron chi connectivity index (χ2n) is 5.66. The Morgan fingerprint density at radius 3 is 1.95 bits per heavy atom. The Morgan fingerprint density at radius 1 is 0.818 bits per heavy atom. The van der Waals surface area contributed by atoms with Crippen LogP contribution < -0.4 is 0 Å². The van der Waals surface area contributed by atoms with E-state index in [4.69, 9.17) is 4.74 Å². The van der Waals surface area contributed by atoms with E-state index in [1.165, 1.54) is 24.0 Å². The summed E-state index contributed by atoms with van der Waals surface area (Å²) >= 11 is 0. The van der Waals surface area contributed by atoms with Gasteiger partial charge in [-0.05, 0) is 42.4 Å². The number of hydrogen-bond acceptors (Lipinski definition) is 2. The van der Waals surface area contributed by atoms with Gasteiger partial charge in [-0.15, -0.1) is 0 Å². The first-order valence-corrected chi connectivity index (χ1v) is 7.90. The van der Waals surface area contributed by atoms with Crippen molar-refractivity contribution >= 4 is 5.78 Å². The van der Waals surface area contributed by atoms with Crippen LogP contribution in [0.5, 0.6) is 0 Å². The third kappa shape index (κ3) is 5.82. The molecule has 0 fully saturated rings. The Kier molecular flexibility index (Phi) is 6.85. The average molecular weight is 296 g/mol. The highest BCUT2D eigenvalue weighted by Crippen LogP contribution is 2.11. The maximum Gasteiger partial charge on any atom is 0.162 e. The van der Waals surface area contributed by atoms with Gasteiger partial charge in [-0.25, -0.2) is 0 Å². The number of hydrogen-bond donors (Lipinski definition) is 0. The molecule has 0 bridgehead atoms. The molecule has 0 radical (unpaired) electrons. The Bertz CT molecular complexity index is 558. The molecule has 0 saturated heterocycles. The predicted molar refractivity (Wildman–Crippen MR) is 90.1 cm³/mol. The highest BCUT2D eigenvalue weighted by molar-refractivity contribution is 5.82. The predicted octanol–water partition coefficient (Wildman–Crippen LogP) is 4.01. The molecule has 0 aliphatic carbocycles. The lowest BCUT2D eigenvalue weighted by molar-refractivity contribution is -0.121. The van der Waals surface area contributed by atoms with Gasteiger partial charge >= 0.3 is 0 Å². The molecule has 0 aliphatic heterocycles. The number of benzene rings is 2. The zero-order chi connectivity index (χ0) is 15.6. The van der Waals surface area contributed by atoms with Crippen molar-refractivity contribution in [2.24, 2.45) is 0 Å². The van der Waals surface area contributed by atoms with E-state index in [1.54, 1.807) is 7.11 Å². The van der Waals surface area contributed by atoms with E-state index in [9.17, 15) is 4.79 Å². The summed E-state index contributed by atoms with van der Waals surface area (Å²) in [5.41, 5.74) is 3.82. The lowest BCUT2D eigenvalue weighted by Gasteiger charge is -2.05. The second-order valence-corrected chi connectivity index (χ2v) is 5.66. The number of Topliss-reactive ketones (excluding diaryl/α,β-unsaturated/α-hetero) is 1. The molecule has 0 saturated carbocycles. The molecule has 2 aromatic carbocycles. The van der Waals surface area contributed by atoms with Crippen LogP contribution in [0.4, 0.5) is 0 Å². The van der Waals surface area contributed by atoms with Crippen LogP contribution in [0.25, 0.3) is 0 Å². The minimum absolute atomic E-state index is 0.123. The van der Waals surface area contributed by atoms with E-state index in [1.807, 2.05) is 0 Å². The average Bonchev–Trinajstić information content (AvgIpc) is 2.54. The van der Waals surface area contributed by atoms with Crippen molar-refractivity contribution < 1.29 is 9.53 Å². The van der Waals surface area contributed by atoms with Gasteiger partial charge in [-0.3, -0.25) is 4.79 Å². The summed E-state index contributed by atoms with van der Waals surface area (Å²) in [6.45, 7) is 0.196. The van der Waals surface area contributed by atoms with Crippen LogP contribution in [0.3, 0.4) is 0 Å². The zero-order valence-corrected chi connectivity index (χ0v) is 13.3. The molecule has 0 aliphatic rings. The molecule has 2 rings (SSSR count). The van der Waals surface area contributed by atoms with Crippen LogP contribution in [0.1, 0.15) is 29.5 Å². The van der Waals surface area contributed by atoms with Gasteiger partial charge in [0.1, 0.15) is 6.61 Å². The highest BCUT2D eigenvalue weighted by atomic mass is 16.5. The van der Waals surface area contributed by atoms with Gasteiger partial charge in [0.2, 0.25) is 0 Å². The Labute approximate surface area is 133 Å². The first-order chi connectivity index (χ1) is 10.8. The monoisotopic (exact) mass is 296 g/mol. The van der Waals surface area contributed by atoms with Gasteiger partial charge in [0, 0.05) is 13.5 Å². The maximum absolute atomic E-state index is 11.5. The molecule has 0 N–H and O–H groups in total. The summed E-state index contributed by atoms with van der Waals surface area (Å²) < 4.78 is 4.85. The van der Waals surface area contributed by atoms with Crippen molar-refractivity contribution in [2.45, 2.75) is 32.1 Å². The second kappa shape index (κ2) is 9.16. The molecule has 0 amide bonds. The van der Waals surface area contributed by atoms with E-state index < -0.39 is 0 Å². The fourth-order valence-electron chi connectivity index (χ4n) is 2.57. The minimum atomic E-state index is 0.123. The van der Waals surface area contributed by atoms with Gasteiger partial charge in [-0.1, -0.05) is 54.6 Å². The van der Waals surface area contributed by atoms with Gasteiger partial charge in [0.25, 0.3) is 0 Å². The fourth-order valence-corrected chi connectivity index (χ4v) is 2.57. The van der Waals surface area contributed by atoms with E-state index in [-0.39, 0.29) is 12.4 Å². The molecule has 0 atom stereocenters. The lowest BCUT2D eigenvalue weighted by Crippen LogP contribution is -2.09. The molecule has 2 heteroatoms. The summed E-state index contributed by atoms with van der Waals surface area (Å²) in [4.78, 5) is 11.5. The van der Waals surface area contributed by atoms with Crippen molar-refractivity contribution in [3.63, 3.8) is 0 Å². The number of ether oxygens (including phenoxy) is 1. The SMILES string of the molecule is COCC(=O)Cc1ccc(CCCCc2ccccc2)cc1. The van der Waals surface area contributed by atoms with Crippen LogP contribution in [0.2, 0.25) is 0 Å². The molecule has 0 heterocycles. The van der Waals surface area contributed by atoms with E-state index >= 15 is 0 Å². The molecular formula is C20H24O2. The molecule has 0 aromatic heterocycles. The molecule has 0 unspecified atom stereocenters. The van der Waals surface area contributed by atoms with Crippen LogP contribution in [0.15, 0.2) is 54.6 Å². The van der Waals surface area contributed by atoms with Crippen molar-refractivity contribution in [1.29, 1.82) is 0 Å².